The predicted octanol–water partition coefficient (Wildman–Crippen LogP) is 1.99. The van der Waals surface area contributed by atoms with Crippen molar-refractivity contribution in [3.8, 4) is 0 Å². The second-order valence-electron chi connectivity index (χ2n) is 7.95. The van der Waals surface area contributed by atoms with Crippen LogP contribution in [0.1, 0.15) is 19.3 Å². The average Bonchev–Trinajstić information content (AvgIpc) is 3.24. The van der Waals surface area contributed by atoms with Crippen LogP contribution in [0.15, 0.2) is 30.3 Å². The molecule has 2 bridgehead atoms. The highest BCUT2D eigenvalue weighted by atomic mass is 35.5. The van der Waals surface area contributed by atoms with Gasteiger partial charge in [0.05, 0.1) is 12.5 Å². The monoisotopic (exact) mass is 428 g/mol. The fraction of sp³-hybridized carbons (Fsp3) is 0.600. The van der Waals surface area contributed by atoms with Crippen LogP contribution in [0.25, 0.3) is 0 Å². The molecular weight excluding hydrogens is 399 g/mol. The van der Waals surface area contributed by atoms with Gasteiger partial charge in [0, 0.05) is 37.9 Å². The van der Waals surface area contributed by atoms with Gasteiger partial charge in [0.15, 0.2) is 0 Å². The van der Waals surface area contributed by atoms with Gasteiger partial charge in [0.25, 0.3) is 0 Å². The Bertz CT molecular complexity index is 665. The Morgan fingerprint density at radius 1 is 1.00 bits per heavy atom. The van der Waals surface area contributed by atoms with Gasteiger partial charge in [0.1, 0.15) is 0 Å². The number of nitrogens with one attached hydrogen (secondary N) is 1. The molecule has 4 unspecified atom stereocenters. The highest BCUT2D eigenvalue weighted by Gasteiger charge is 2.50. The van der Waals surface area contributed by atoms with Crippen LogP contribution in [0.3, 0.4) is 0 Å². The standard InChI is InChI=1S/C20H28N4O2.2ClH/c21-19-15-7-6-14(12-15)18(19)20(26)24-10-8-23(9-11-24)13-17(25)22-16-4-2-1-3-5-16;;/h1-5,14-15,18-19H,6-13,21H2,(H,22,25);2*1H. The molecule has 1 aromatic rings. The fourth-order valence-corrected chi connectivity index (χ4v) is 4.96. The number of anilines is 1. The summed E-state index contributed by atoms with van der Waals surface area (Å²) in [4.78, 5) is 29.2. The number of carbonyl (C=O) groups excluding carboxylic acids is 2. The molecule has 1 aliphatic heterocycles. The summed E-state index contributed by atoms with van der Waals surface area (Å²) in [5.41, 5.74) is 7.14. The number of piperazine rings is 1. The minimum atomic E-state index is -0.00824. The van der Waals surface area contributed by atoms with E-state index in [1.165, 1.54) is 6.42 Å². The lowest BCUT2D eigenvalue weighted by atomic mass is 9.84. The first-order valence-corrected chi connectivity index (χ1v) is 9.73. The van der Waals surface area contributed by atoms with E-state index in [0.29, 0.717) is 31.5 Å². The normalized spacial score (nSPS) is 29.0. The minimum absolute atomic E-state index is 0. The molecule has 3 aliphatic rings. The first-order chi connectivity index (χ1) is 12.6. The van der Waals surface area contributed by atoms with E-state index < -0.39 is 0 Å². The van der Waals surface area contributed by atoms with E-state index in [2.05, 4.69) is 10.2 Å². The summed E-state index contributed by atoms with van der Waals surface area (Å²) in [7, 11) is 0. The van der Waals surface area contributed by atoms with Crippen molar-refractivity contribution in [1.29, 1.82) is 0 Å². The van der Waals surface area contributed by atoms with E-state index in [1.54, 1.807) is 0 Å². The third-order valence-electron chi connectivity index (χ3n) is 6.37. The maximum absolute atomic E-state index is 12.9. The maximum atomic E-state index is 12.9. The molecule has 0 radical (unpaired) electrons. The zero-order valence-corrected chi connectivity index (χ0v) is 17.6. The average molecular weight is 429 g/mol. The molecule has 2 aliphatic carbocycles. The highest BCUT2D eigenvalue weighted by molar-refractivity contribution is 5.92. The lowest BCUT2D eigenvalue weighted by Crippen LogP contribution is -2.54. The number of rotatable bonds is 4. The van der Waals surface area contributed by atoms with Crippen LogP contribution in [-0.2, 0) is 9.59 Å². The van der Waals surface area contributed by atoms with E-state index in [9.17, 15) is 9.59 Å². The molecule has 1 saturated heterocycles. The van der Waals surface area contributed by atoms with E-state index in [1.807, 2.05) is 35.2 Å². The Morgan fingerprint density at radius 3 is 2.25 bits per heavy atom. The van der Waals surface area contributed by atoms with E-state index >= 15 is 0 Å². The Hall–Kier alpha value is -1.34. The quantitative estimate of drug-likeness (QED) is 0.768. The van der Waals surface area contributed by atoms with Crippen molar-refractivity contribution in [2.45, 2.75) is 25.3 Å². The highest BCUT2D eigenvalue weighted by Crippen LogP contribution is 2.48. The number of amides is 2. The number of halogens is 2. The molecular formula is C20H30Cl2N4O2. The molecule has 2 saturated carbocycles. The summed E-state index contributed by atoms with van der Waals surface area (Å²) < 4.78 is 0. The fourth-order valence-electron chi connectivity index (χ4n) is 4.96. The van der Waals surface area contributed by atoms with E-state index in [-0.39, 0.29) is 48.6 Å². The predicted molar refractivity (Wildman–Crippen MR) is 115 cm³/mol. The second-order valence-corrected chi connectivity index (χ2v) is 7.95. The summed E-state index contributed by atoms with van der Waals surface area (Å²) in [6.07, 6.45) is 3.49. The lowest BCUT2D eigenvalue weighted by molar-refractivity contribution is -0.139. The van der Waals surface area contributed by atoms with Gasteiger partial charge in [0.2, 0.25) is 11.8 Å². The van der Waals surface area contributed by atoms with E-state index in [4.69, 9.17) is 5.73 Å². The van der Waals surface area contributed by atoms with Gasteiger partial charge in [-0.25, -0.2) is 0 Å². The van der Waals surface area contributed by atoms with Gasteiger partial charge in [-0.05, 0) is 43.2 Å². The topological polar surface area (TPSA) is 78.7 Å². The van der Waals surface area contributed by atoms with Crippen LogP contribution in [0.4, 0.5) is 5.69 Å². The van der Waals surface area contributed by atoms with Crippen LogP contribution in [0, 0.1) is 17.8 Å². The zero-order chi connectivity index (χ0) is 18.1. The lowest BCUT2D eigenvalue weighted by Gasteiger charge is -2.38. The molecule has 4 rings (SSSR count). The van der Waals surface area contributed by atoms with Crippen molar-refractivity contribution >= 4 is 42.3 Å². The minimum Gasteiger partial charge on any atom is -0.340 e. The number of nitrogens with two attached hydrogens (primary N) is 1. The summed E-state index contributed by atoms with van der Waals surface area (Å²) in [5, 5.41) is 2.91. The Morgan fingerprint density at radius 2 is 1.64 bits per heavy atom. The third kappa shape index (κ3) is 4.79. The van der Waals surface area contributed by atoms with Crippen LogP contribution in [-0.4, -0.2) is 60.4 Å². The van der Waals surface area contributed by atoms with Crippen LogP contribution in [0.2, 0.25) is 0 Å². The molecule has 1 heterocycles. The van der Waals surface area contributed by atoms with Crippen LogP contribution in [0.5, 0.6) is 0 Å². The maximum Gasteiger partial charge on any atom is 0.238 e. The van der Waals surface area contributed by atoms with Crippen molar-refractivity contribution < 1.29 is 9.59 Å². The number of hydrogen-bond acceptors (Lipinski definition) is 4. The van der Waals surface area contributed by atoms with Gasteiger partial charge < -0.3 is 16.0 Å². The Balaban J connectivity index is 0.00000140. The molecule has 8 heteroatoms. The molecule has 156 valence electrons. The largest absolute Gasteiger partial charge is 0.340 e. The Kier molecular flexibility index (Phi) is 8.13. The number of carbonyl (C=O) groups is 2. The number of fused-ring (bicyclic) bond motifs is 2. The van der Waals surface area contributed by atoms with Crippen molar-refractivity contribution in [2.24, 2.45) is 23.5 Å². The number of benzene rings is 1. The first kappa shape index (κ1) is 22.9. The SMILES string of the molecule is Cl.Cl.NC1C2CCC(C2)C1C(=O)N1CCN(CC(=O)Nc2ccccc2)CC1. The number of para-hydroxylation sites is 1. The molecule has 2 amide bonds. The third-order valence-corrected chi connectivity index (χ3v) is 6.37. The first-order valence-electron chi connectivity index (χ1n) is 9.73. The van der Waals surface area contributed by atoms with Gasteiger partial charge in [-0.3, -0.25) is 14.5 Å². The molecule has 0 spiro atoms. The van der Waals surface area contributed by atoms with Crippen LogP contribution < -0.4 is 11.1 Å². The van der Waals surface area contributed by atoms with Crippen molar-refractivity contribution in [3.05, 3.63) is 30.3 Å². The molecule has 1 aromatic carbocycles. The van der Waals surface area contributed by atoms with Gasteiger partial charge in [-0.1, -0.05) is 18.2 Å². The van der Waals surface area contributed by atoms with E-state index in [0.717, 1.165) is 31.6 Å². The molecule has 3 fully saturated rings. The summed E-state index contributed by atoms with van der Waals surface area (Å²) in [5.74, 6) is 1.32. The summed E-state index contributed by atoms with van der Waals surface area (Å²) in [6, 6.07) is 9.55. The zero-order valence-electron chi connectivity index (χ0n) is 16.0. The van der Waals surface area contributed by atoms with Crippen molar-refractivity contribution in [2.75, 3.05) is 38.0 Å². The summed E-state index contributed by atoms with van der Waals surface area (Å²) in [6.45, 7) is 3.23. The Labute approximate surface area is 179 Å². The van der Waals surface area contributed by atoms with Crippen molar-refractivity contribution in [3.63, 3.8) is 0 Å². The molecule has 4 atom stereocenters. The molecule has 0 aromatic heterocycles. The molecule has 28 heavy (non-hydrogen) atoms. The van der Waals surface area contributed by atoms with Gasteiger partial charge in [-0.2, -0.15) is 0 Å². The second kappa shape index (κ2) is 9.92. The van der Waals surface area contributed by atoms with Gasteiger partial charge >= 0.3 is 0 Å². The number of hydrogen-bond donors (Lipinski definition) is 2. The summed E-state index contributed by atoms with van der Waals surface area (Å²) >= 11 is 0. The van der Waals surface area contributed by atoms with Gasteiger partial charge in [-0.15, -0.1) is 24.8 Å². The molecule has 6 nitrogen and oxygen atoms in total. The van der Waals surface area contributed by atoms with Crippen molar-refractivity contribution in [1.82, 2.24) is 9.80 Å². The number of nitrogens with zero attached hydrogens (tertiary/aromatic N) is 2. The smallest absolute Gasteiger partial charge is 0.238 e. The molecule has 3 N–H and O–H groups in total. The van der Waals surface area contributed by atoms with Crippen LogP contribution >= 0.6 is 24.8 Å².